The Labute approximate surface area is 110 Å². The maximum Gasteiger partial charge on any atom is 0.342 e. The number of carboxylic acid groups (broad SMARTS) is 1. The van der Waals surface area contributed by atoms with Crippen LogP contribution in [-0.4, -0.2) is 20.6 Å². The van der Waals surface area contributed by atoms with Crippen LogP contribution in [0.2, 0.25) is 0 Å². The highest BCUT2D eigenvalue weighted by Gasteiger charge is 2.20. The molecule has 0 spiro atoms. The highest BCUT2D eigenvalue weighted by Crippen LogP contribution is 2.29. The molecule has 1 heterocycles. The maximum atomic E-state index is 11.8. The van der Waals surface area contributed by atoms with Crippen molar-refractivity contribution in [1.82, 2.24) is 9.55 Å². The molecule has 0 bridgehead atoms. The molecule has 0 amide bonds. The van der Waals surface area contributed by atoms with Crippen LogP contribution in [0.4, 0.5) is 0 Å². The normalized spacial score (nSPS) is 23.8. The molecular formula is C13H18N2O4. The van der Waals surface area contributed by atoms with Crippen molar-refractivity contribution in [2.75, 3.05) is 0 Å². The third-order valence-corrected chi connectivity index (χ3v) is 3.82. The summed E-state index contributed by atoms with van der Waals surface area (Å²) in [6.07, 6.45) is 6.02. The first kappa shape index (κ1) is 13.6. The van der Waals surface area contributed by atoms with Crippen molar-refractivity contribution in [3.63, 3.8) is 0 Å². The molecule has 1 aromatic heterocycles. The first-order valence-electron chi connectivity index (χ1n) is 6.58. The highest BCUT2D eigenvalue weighted by molar-refractivity contribution is 5.86. The Kier molecular flexibility index (Phi) is 3.87. The minimum atomic E-state index is -1.31. The van der Waals surface area contributed by atoms with Gasteiger partial charge in [-0.3, -0.25) is 14.3 Å². The largest absolute Gasteiger partial charge is 0.477 e. The number of rotatable bonds is 2. The summed E-state index contributed by atoms with van der Waals surface area (Å²) in [5, 5.41) is 8.94. The molecule has 1 fully saturated rings. The van der Waals surface area contributed by atoms with Crippen LogP contribution in [-0.2, 0) is 0 Å². The average molecular weight is 266 g/mol. The van der Waals surface area contributed by atoms with Crippen LogP contribution >= 0.6 is 0 Å². The zero-order valence-corrected chi connectivity index (χ0v) is 10.9. The lowest BCUT2D eigenvalue weighted by Crippen LogP contribution is -2.35. The van der Waals surface area contributed by atoms with Gasteiger partial charge in [0.15, 0.2) is 0 Å². The van der Waals surface area contributed by atoms with E-state index in [2.05, 4.69) is 11.9 Å². The van der Waals surface area contributed by atoms with Gasteiger partial charge in [0.1, 0.15) is 5.56 Å². The first-order chi connectivity index (χ1) is 8.99. The number of hydrogen-bond acceptors (Lipinski definition) is 3. The van der Waals surface area contributed by atoms with E-state index in [1.807, 2.05) is 0 Å². The molecule has 104 valence electrons. The van der Waals surface area contributed by atoms with Crippen LogP contribution in [0.15, 0.2) is 15.8 Å². The fourth-order valence-electron chi connectivity index (χ4n) is 2.65. The first-order valence-corrected chi connectivity index (χ1v) is 6.58. The number of aromatic nitrogens is 2. The molecule has 1 aliphatic rings. The van der Waals surface area contributed by atoms with E-state index in [-0.39, 0.29) is 11.6 Å². The molecule has 1 aromatic rings. The Morgan fingerprint density at radius 3 is 2.74 bits per heavy atom. The van der Waals surface area contributed by atoms with Crippen LogP contribution in [0.25, 0.3) is 0 Å². The number of aromatic carboxylic acids is 1. The monoisotopic (exact) mass is 266 g/mol. The van der Waals surface area contributed by atoms with Gasteiger partial charge in [0.2, 0.25) is 0 Å². The molecule has 2 unspecified atom stereocenters. The summed E-state index contributed by atoms with van der Waals surface area (Å²) in [4.78, 5) is 36.3. The van der Waals surface area contributed by atoms with Gasteiger partial charge in [0.25, 0.3) is 5.56 Å². The Morgan fingerprint density at radius 1 is 1.32 bits per heavy atom. The summed E-state index contributed by atoms with van der Waals surface area (Å²) in [6, 6.07) is -0.0209. The quantitative estimate of drug-likeness (QED) is 0.791. The second kappa shape index (κ2) is 5.42. The van der Waals surface area contributed by atoms with Crippen LogP contribution < -0.4 is 11.2 Å². The van der Waals surface area contributed by atoms with Crippen molar-refractivity contribution in [1.29, 1.82) is 0 Å². The molecule has 2 atom stereocenters. The summed E-state index contributed by atoms with van der Waals surface area (Å²) >= 11 is 0. The van der Waals surface area contributed by atoms with Crippen molar-refractivity contribution >= 4 is 5.97 Å². The standard InChI is InChI=1S/C13H18N2O4/c1-8-3-2-4-9(6-5-8)15-7-10(12(17)18)11(16)14-13(15)19/h7-9H,2-6H2,1H3,(H,17,18)(H,14,16,19). The van der Waals surface area contributed by atoms with E-state index < -0.39 is 17.2 Å². The number of hydrogen-bond donors (Lipinski definition) is 2. The number of aromatic amines is 1. The van der Waals surface area contributed by atoms with Gasteiger partial charge >= 0.3 is 11.7 Å². The SMILES string of the molecule is CC1CCCC(n2cc(C(=O)O)c(=O)[nH]c2=O)CC1. The van der Waals surface area contributed by atoms with Gasteiger partial charge in [-0.2, -0.15) is 0 Å². The smallest absolute Gasteiger partial charge is 0.342 e. The fourth-order valence-corrected chi connectivity index (χ4v) is 2.65. The van der Waals surface area contributed by atoms with Crippen LogP contribution in [0.5, 0.6) is 0 Å². The number of nitrogens with one attached hydrogen (secondary N) is 1. The molecule has 0 radical (unpaired) electrons. The van der Waals surface area contributed by atoms with Crippen molar-refractivity contribution in [2.45, 2.75) is 45.1 Å². The zero-order valence-electron chi connectivity index (χ0n) is 10.9. The molecular weight excluding hydrogens is 248 g/mol. The fraction of sp³-hybridized carbons (Fsp3) is 0.615. The zero-order chi connectivity index (χ0) is 14.0. The Bertz CT molecular complexity index is 587. The van der Waals surface area contributed by atoms with Gasteiger partial charge in [0, 0.05) is 12.2 Å². The van der Waals surface area contributed by atoms with Gasteiger partial charge < -0.3 is 5.11 Å². The van der Waals surface area contributed by atoms with E-state index in [4.69, 9.17) is 5.11 Å². The minimum Gasteiger partial charge on any atom is -0.477 e. The van der Waals surface area contributed by atoms with Gasteiger partial charge in [-0.25, -0.2) is 9.59 Å². The predicted octanol–water partition coefficient (Wildman–Crippen LogP) is 1.38. The Morgan fingerprint density at radius 2 is 2.05 bits per heavy atom. The lowest BCUT2D eigenvalue weighted by atomic mass is 10.0. The molecule has 0 aromatic carbocycles. The van der Waals surface area contributed by atoms with E-state index in [1.54, 1.807) is 0 Å². The molecule has 19 heavy (non-hydrogen) atoms. The van der Waals surface area contributed by atoms with Crippen LogP contribution in [0, 0.1) is 5.92 Å². The van der Waals surface area contributed by atoms with Gasteiger partial charge in [-0.1, -0.05) is 19.8 Å². The number of carbonyl (C=O) groups is 1. The van der Waals surface area contributed by atoms with Crippen LogP contribution in [0.3, 0.4) is 0 Å². The van der Waals surface area contributed by atoms with Gasteiger partial charge in [0.05, 0.1) is 0 Å². The topological polar surface area (TPSA) is 92.2 Å². The summed E-state index contributed by atoms with van der Waals surface area (Å²) in [7, 11) is 0. The predicted molar refractivity (Wildman–Crippen MR) is 69.6 cm³/mol. The van der Waals surface area contributed by atoms with Crippen LogP contribution in [0.1, 0.15) is 55.4 Å². The van der Waals surface area contributed by atoms with Gasteiger partial charge in [-0.05, 0) is 25.2 Å². The second-order valence-corrected chi connectivity index (χ2v) is 5.28. The Hall–Kier alpha value is -1.85. The summed E-state index contributed by atoms with van der Waals surface area (Å²) in [6.45, 7) is 2.18. The number of nitrogens with zero attached hydrogens (tertiary/aromatic N) is 1. The average Bonchev–Trinajstić information content (AvgIpc) is 2.54. The molecule has 1 saturated carbocycles. The molecule has 1 aliphatic carbocycles. The third-order valence-electron chi connectivity index (χ3n) is 3.82. The van der Waals surface area contributed by atoms with Crippen molar-refractivity contribution in [3.05, 3.63) is 32.6 Å². The molecule has 0 aliphatic heterocycles. The van der Waals surface area contributed by atoms with E-state index in [1.165, 1.54) is 10.8 Å². The third kappa shape index (κ3) is 2.94. The summed E-state index contributed by atoms with van der Waals surface area (Å²) < 4.78 is 1.38. The Balaban J connectivity index is 2.38. The van der Waals surface area contributed by atoms with Crippen molar-refractivity contribution in [3.8, 4) is 0 Å². The summed E-state index contributed by atoms with van der Waals surface area (Å²) in [5.74, 6) is -0.681. The lowest BCUT2D eigenvalue weighted by molar-refractivity contribution is 0.0693. The molecule has 2 N–H and O–H groups in total. The van der Waals surface area contributed by atoms with E-state index in [0.717, 1.165) is 32.1 Å². The molecule has 6 heteroatoms. The molecule has 2 rings (SSSR count). The van der Waals surface area contributed by atoms with E-state index in [9.17, 15) is 14.4 Å². The van der Waals surface area contributed by atoms with E-state index in [0.29, 0.717) is 5.92 Å². The van der Waals surface area contributed by atoms with Crippen molar-refractivity contribution < 1.29 is 9.90 Å². The second-order valence-electron chi connectivity index (χ2n) is 5.28. The molecule has 0 saturated heterocycles. The van der Waals surface area contributed by atoms with Crippen molar-refractivity contribution in [2.24, 2.45) is 5.92 Å². The maximum absolute atomic E-state index is 11.8. The molecule has 6 nitrogen and oxygen atoms in total. The highest BCUT2D eigenvalue weighted by atomic mass is 16.4. The van der Waals surface area contributed by atoms with E-state index >= 15 is 0 Å². The van der Waals surface area contributed by atoms with Gasteiger partial charge in [-0.15, -0.1) is 0 Å². The number of H-pyrrole nitrogens is 1. The minimum absolute atomic E-state index is 0.0209. The summed E-state index contributed by atoms with van der Waals surface area (Å²) in [5.41, 5.74) is -1.73. The number of carboxylic acids is 1. The lowest BCUT2D eigenvalue weighted by Gasteiger charge is -2.17.